The van der Waals surface area contributed by atoms with E-state index >= 15 is 0 Å². The molecule has 3 aromatic rings. The van der Waals surface area contributed by atoms with Crippen LogP contribution in [-0.4, -0.2) is 29.1 Å². The van der Waals surface area contributed by atoms with Crippen molar-refractivity contribution in [3.8, 4) is 0 Å². The number of pyridine rings is 1. The summed E-state index contributed by atoms with van der Waals surface area (Å²) in [7, 11) is 0. The van der Waals surface area contributed by atoms with Gasteiger partial charge < -0.3 is 5.32 Å². The molecule has 7 heteroatoms. The molecule has 1 aliphatic rings. The highest BCUT2D eigenvalue weighted by Crippen LogP contribution is 2.31. The maximum atomic E-state index is 13.1. The summed E-state index contributed by atoms with van der Waals surface area (Å²) in [6.45, 7) is 1.82. The van der Waals surface area contributed by atoms with E-state index in [1.54, 1.807) is 18.3 Å². The quantitative estimate of drug-likeness (QED) is 0.612. The van der Waals surface area contributed by atoms with Crippen LogP contribution in [0.25, 0.3) is 0 Å². The number of benzene rings is 2. The largest absolute Gasteiger partial charge is 0.324 e. The fraction of sp³-hybridized carbons (Fsp3) is 0.130. The Morgan fingerprint density at radius 3 is 2.70 bits per heavy atom. The fourth-order valence-corrected chi connectivity index (χ4v) is 3.83. The van der Waals surface area contributed by atoms with Crippen LogP contribution in [0.3, 0.4) is 0 Å². The van der Waals surface area contributed by atoms with E-state index in [2.05, 4.69) is 31.2 Å². The lowest BCUT2D eigenvalue weighted by Crippen LogP contribution is -2.39. The van der Waals surface area contributed by atoms with Gasteiger partial charge >= 0.3 is 0 Å². The summed E-state index contributed by atoms with van der Waals surface area (Å²) >= 11 is 3.46. The number of aliphatic imine (C=N–C) groups is 1. The third-order valence-electron chi connectivity index (χ3n) is 4.70. The van der Waals surface area contributed by atoms with E-state index in [1.165, 1.54) is 4.90 Å². The molecule has 0 radical (unpaired) electrons. The van der Waals surface area contributed by atoms with Gasteiger partial charge in [0.2, 0.25) is 11.8 Å². The number of anilines is 2. The fourth-order valence-electron chi connectivity index (χ4n) is 3.24. The first kappa shape index (κ1) is 20.0. The van der Waals surface area contributed by atoms with Gasteiger partial charge in [-0.1, -0.05) is 36.4 Å². The summed E-state index contributed by atoms with van der Waals surface area (Å²) in [5.74, 6) is -0.160. The minimum atomic E-state index is -0.312. The Morgan fingerprint density at radius 1 is 1.13 bits per heavy atom. The summed E-state index contributed by atoms with van der Waals surface area (Å²) in [6, 6.07) is 18.8. The van der Waals surface area contributed by atoms with Crippen molar-refractivity contribution in [3.05, 3.63) is 82.5 Å². The predicted molar refractivity (Wildman–Crippen MR) is 121 cm³/mol. The van der Waals surface area contributed by atoms with Crippen LogP contribution in [0.2, 0.25) is 0 Å². The zero-order valence-electron chi connectivity index (χ0n) is 16.3. The molecule has 0 spiro atoms. The summed E-state index contributed by atoms with van der Waals surface area (Å²) < 4.78 is 0.784. The number of hydrogen-bond acceptors (Lipinski definition) is 4. The minimum Gasteiger partial charge on any atom is -0.324 e. The monoisotopic (exact) mass is 462 g/mol. The molecule has 0 unspecified atom stereocenters. The lowest BCUT2D eigenvalue weighted by Gasteiger charge is -2.21. The van der Waals surface area contributed by atoms with Gasteiger partial charge in [-0.2, -0.15) is 0 Å². The van der Waals surface area contributed by atoms with Gasteiger partial charge in [0.25, 0.3) is 0 Å². The van der Waals surface area contributed by atoms with Gasteiger partial charge in [0, 0.05) is 10.7 Å². The predicted octanol–water partition coefficient (Wildman–Crippen LogP) is 4.65. The van der Waals surface area contributed by atoms with Gasteiger partial charge in [-0.05, 0) is 58.2 Å². The van der Waals surface area contributed by atoms with Crippen LogP contribution in [0, 0.1) is 6.92 Å². The highest BCUT2D eigenvalue weighted by Gasteiger charge is 2.27. The summed E-state index contributed by atoms with van der Waals surface area (Å²) in [5.41, 5.74) is 3.81. The van der Waals surface area contributed by atoms with E-state index in [4.69, 9.17) is 0 Å². The number of aromatic nitrogens is 1. The van der Waals surface area contributed by atoms with E-state index < -0.39 is 0 Å². The van der Waals surface area contributed by atoms with Crippen molar-refractivity contribution in [2.24, 2.45) is 4.99 Å². The van der Waals surface area contributed by atoms with Gasteiger partial charge in [0.1, 0.15) is 12.2 Å². The smallest absolute Gasteiger partial charge is 0.244 e. The maximum Gasteiger partial charge on any atom is 0.244 e. The zero-order valence-corrected chi connectivity index (χ0v) is 17.9. The molecule has 1 aromatic heterocycles. The Labute approximate surface area is 182 Å². The Bertz CT molecular complexity index is 1140. The average Bonchev–Trinajstić information content (AvgIpc) is 2.88. The van der Waals surface area contributed by atoms with E-state index in [0.29, 0.717) is 22.9 Å². The third kappa shape index (κ3) is 4.31. The van der Waals surface area contributed by atoms with Gasteiger partial charge in [-0.3, -0.25) is 14.5 Å². The molecule has 0 atom stereocenters. The first-order valence-corrected chi connectivity index (χ1v) is 10.2. The molecule has 1 aliphatic heterocycles. The van der Waals surface area contributed by atoms with Crippen molar-refractivity contribution in [2.75, 3.05) is 16.8 Å². The number of amides is 2. The molecular formula is C23H19BrN4O2. The first-order valence-electron chi connectivity index (χ1n) is 9.45. The van der Waals surface area contributed by atoms with Gasteiger partial charge in [-0.15, -0.1) is 0 Å². The number of nitrogens with one attached hydrogen (secondary N) is 1. The Kier molecular flexibility index (Phi) is 5.72. The average molecular weight is 463 g/mol. The number of halogens is 1. The molecule has 0 bridgehead atoms. The summed E-state index contributed by atoms with van der Waals surface area (Å²) in [4.78, 5) is 36.2. The van der Waals surface area contributed by atoms with E-state index in [0.717, 1.165) is 15.6 Å². The second kappa shape index (κ2) is 8.59. The summed E-state index contributed by atoms with van der Waals surface area (Å²) in [5, 5.41) is 2.85. The van der Waals surface area contributed by atoms with Crippen LogP contribution < -0.4 is 10.2 Å². The molecule has 30 heavy (non-hydrogen) atoms. The molecule has 0 saturated carbocycles. The molecule has 2 heterocycles. The highest BCUT2D eigenvalue weighted by atomic mass is 79.9. The van der Waals surface area contributed by atoms with Gasteiger partial charge in [0.05, 0.1) is 17.8 Å². The van der Waals surface area contributed by atoms with E-state index in [-0.39, 0.29) is 24.8 Å². The minimum absolute atomic E-state index is 0.0852. The van der Waals surface area contributed by atoms with Gasteiger partial charge in [0.15, 0.2) is 5.82 Å². The lowest BCUT2D eigenvalue weighted by atomic mass is 10.1. The van der Waals surface area contributed by atoms with E-state index in [1.807, 2.05) is 55.5 Å². The zero-order chi connectivity index (χ0) is 21.1. The SMILES string of the molecule is Cc1ccc(NC(=O)CN2C(=O)CC(c3ccccc3)=Nc3cccnc32)c(Br)c1. The molecule has 1 N–H and O–H groups in total. The molecule has 4 rings (SSSR count). The first-order chi connectivity index (χ1) is 14.5. The number of carbonyl (C=O) groups excluding carboxylic acids is 2. The number of hydrogen-bond donors (Lipinski definition) is 1. The molecule has 6 nitrogen and oxygen atoms in total. The molecule has 150 valence electrons. The number of carbonyl (C=O) groups is 2. The molecule has 0 aliphatic carbocycles. The van der Waals surface area contributed by atoms with Crippen LogP contribution in [-0.2, 0) is 9.59 Å². The Morgan fingerprint density at radius 2 is 1.93 bits per heavy atom. The van der Waals surface area contributed by atoms with Crippen LogP contribution in [0.5, 0.6) is 0 Å². The Balaban J connectivity index is 1.60. The van der Waals surface area contributed by atoms with Crippen LogP contribution >= 0.6 is 15.9 Å². The number of nitrogens with zero attached hydrogens (tertiary/aromatic N) is 3. The van der Waals surface area contributed by atoms with Crippen LogP contribution in [0.1, 0.15) is 17.5 Å². The standard InChI is InChI=1S/C23H19BrN4O2/c1-15-9-10-18(17(24)12-15)27-21(29)14-28-22(30)13-20(16-6-3-2-4-7-16)26-19-8-5-11-25-23(19)28/h2-12H,13-14H2,1H3,(H,27,29). The number of rotatable bonds is 4. The van der Waals surface area contributed by atoms with Gasteiger partial charge in [-0.25, -0.2) is 9.98 Å². The molecule has 2 aromatic carbocycles. The van der Waals surface area contributed by atoms with Crippen molar-refractivity contribution in [3.63, 3.8) is 0 Å². The van der Waals surface area contributed by atoms with Crippen molar-refractivity contribution < 1.29 is 9.59 Å². The van der Waals surface area contributed by atoms with E-state index in [9.17, 15) is 9.59 Å². The van der Waals surface area contributed by atoms with Crippen molar-refractivity contribution >= 4 is 50.6 Å². The third-order valence-corrected chi connectivity index (χ3v) is 5.36. The summed E-state index contributed by atoms with van der Waals surface area (Å²) in [6.07, 6.45) is 1.68. The molecule has 0 saturated heterocycles. The second-order valence-corrected chi connectivity index (χ2v) is 7.81. The molecule has 0 fully saturated rings. The molecular weight excluding hydrogens is 444 g/mol. The normalized spacial score (nSPS) is 13.3. The van der Waals surface area contributed by atoms with Crippen molar-refractivity contribution in [1.82, 2.24) is 4.98 Å². The van der Waals surface area contributed by atoms with Crippen molar-refractivity contribution in [1.29, 1.82) is 0 Å². The molecule has 2 amide bonds. The lowest BCUT2D eigenvalue weighted by molar-refractivity contribution is -0.120. The highest BCUT2D eigenvalue weighted by molar-refractivity contribution is 9.10. The van der Waals surface area contributed by atoms with Crippen LogP contribution in [0.15, 0.2) is 76.3 Å². The number of aryl methyl sites for hydroxylation is 1. The van der Waals surface area contributed by atoms with Crippen molar-refractivity contribution in [2.45, 2.75) is 13.3 Å². The van der Waals surface area contributed by atoms with Crippen LogP contribution in [0.4, 0.5) is 17.2 Å². The second-order valence-electron chi connectivity index (χ2n) is 6.96. The number of fused-ring (bicyclic) bond motifs is 1. The maximum absolute atomic E-state index is 13.1. The topological polar surface area (TPSA) is 74.7 Å². The Hall–Kier alpha value is -3.32.